The van der Waals surface area contributed by atoms with E-state index < -0.39 is 5.97 Å². The molecule has 1 heterocycles. The molecule has 0 aliphatic heterocycles. The Kier molecular flexibility index (Phi) is 4.94. The van der Waals surface area contributed by atoms with Gasteiger partial charge in [0.25, 0.3) is 5.91 Å². The lowest BCUT2D eigenvalue weighted by molar-refractivity contribution is -0.118. The molecule has 5 nitrogen and oxygen atoms in total. The van der Waals surface area contributed by atoms with Crippen molar-refractivity contribution < 1.29 is 19.4 Å². The Morgan fingerprint density at radius 3 is 2.86 bits per heavy atom. The highest BCUT2D eigenvalue weighted by molar-refractivity contribution is 7.14. The molecule has 110 valence electrons. The molecule has 0 spiro atoms. The van der Waals surface area contributed by atoms with E-state index in [4.69, 9.17) is 9.84 Å². The standard InChI is InChI=1S/C15H15NO4S/c1-2-10-4-3-5-11(8-10)20-9-13(17)16-14-12(15(18)19)6-7-21-14/h3-8H,2,9H2,1H3,(H,16,17)(H,18,19). The Morgan fingerprint density at radius 2 is 2.14 bits per heavy atom. The number of carbonyl (C=O) groups excluding carboxylic acids is 1. The van der Waals surface area contributed by atoms with Gasteiger partial charge in [0.05, 0.1) is 5.56 Å². The second-order valence-corrected chi connectivity index (χ2v) is 5.22. The van der Waals surface area contributed by atoms with E-state index in [1.54, 1.807) is 11.4 Å². The maximum absolute atomic E-state index is 11.8. The first-order chi connectivity index (χ1) is 10.1. The summed E-state index contributed by atoms with van der Waals surface area (Å²) in [4.78, 5) is 22.7. The molecule has 0 fully saturated rings. The third-order valence-electron chi connectivity index (χ3n) is 2.83. The number of anilines is 1. The van der Waals surface area contributed by atoms with Gasteiger partial charge in [0, 0.05) is 0 Å². The molecule has 2 rings (SSSR count). The summed E-state index contributed by atoms with van der Waals surface area (Å²) in [7, 11) is 0. The van der Waals surface area contributed by atoms with Gasteiger partial charge in [0.2, 0.25) is 0 Å². The van der Waals surface area contributed by atoms with E-state index in [1.807, 2.05) is 25.1 Å². The minimum absolute atomic E-state index is 0.0846. The summed E-state index contributed by atoms with van der Waals surface area (Å²) in [5.74, 6) is -0.834. The molecule has 1 aromatic carbocycles. The van der Waals surface area contributed by atoms with Gasteiger partial charge in [-0.05, 0) is 35.6 Å². The molecule has 0 atom stereocenters. The van der Waals surface area contributed by atoms with Crippen molar-refractivity contribution in [3.8, 4) is 5.75 Å². The molecule has 0 aliphatic carbocycles. The Balaban J connectivity index is 1.93. The van der Waals surface area contributed by atoms with Crippen LogP contribution in [-0.2, 0) is 11.2 Å². The fraction of sp³-hybridized carbons (Fsp3) is 0.200. The second-order valence-electron chi connectivity index (χ2n) is 4.31. The third kappa shape index (κ3) is 4.06. The molecule has 0 unspecified atom stereocenters. The van der Waals surface area contributed by atoms with Crippen LogP contribution in [0.15, 0.2) is 35.7 Å². The van der Waals surface area contributed by atoms with Gasteiger partial charge < -0.3 is 15.2 Å². The van der Waals surface area contributed by atoms with E-state index in [0.717, 1.165) is 12.0 Å². The van der Waals surface area contributed by atoms with E-state index in [-0.39, 0.29) is 18.1 Å². The molecule has 2 N–H and O–H groups in total. The summed E-state index contributed by atoms with van der Waals surface area (Å²) in [6, 6.07) is 8.96. The second kappa shape index (κ2) is 6.90. The molecule has 6 heteroatoms. The number of amides is 1. The topological polar surface area (TPSA) is 75.6 Å². The van der Waals surface area contributed by atoms with Crippen molar-refractivity contribution in [2.45, 2.75) is 13.3 Å². The molecule has 2 aromatic rings. The largest absolute Gasteiger partial charge is 0.484 e. The summed E-state index contributed by atoms with van der Waals surface area (Å²) >= 11 is 1.17. The summed E-state index contributed by atoms with van der Waals surface area (Å²) in [6.45, 7) is 1.88. The summed E-state index contributed by atoms with van der Waals surface area (Å²) in [6.07, 6.45) is 0.889. The van der Waals surface area contributed by atoms with E-state index in [1.165, 1.54) is 17.4 Å². The average molecular weight is 305 g/mol. The monoisotopic (exact) mass is 305 g/mol. The molecule has 1 aromatic heterocycles. The lowest BCUT2D eigenvalue weighted by Crippen LogP contribution is -2.20. The van der Waals surface area contributed by atoms with Gasteiger partial charge in [-0.25, -0.2) is 4.79 Å². The summed E-state index contributed by atoms with van der Waals surface area (Å²) in [5.41, 5.74) is 1.21. The molecular formula is C15H15NO4S. The number of benzene rings is 1. The Morgan fingerprint density at radius 1 is 1.33 bits per heavy atom. The van der Waals surface area contributed by atoms with E-state index in [2.05, 4.69) is 5.32 Å². The zero-order valence-corrected chi connectivity index (χ0v) is 12.3. The number of ether oxygens (including phenoxy) is 1. The molecule has 0 saturated heterocycles. The fourth-order valence-electron chi connectivity index (χ4n) is 1.74. The fourth-order valence-corrected chi connectivity index (χ4v) is 2.54. The number of aromatic carboxylic acids is 1. The molecule has 0 radical (unpaired) electrons. The zero-order chi connectivity index (χ0) is 15.2. The van der Waals surface area contributed by atoms with Gasteiger partial charge in [-0.2, -0.15) is 0 Å². The summed E-state index contributed by atoms with van der Waals surface area (Å²) in [5, 5.41) is 13.4. The predicted octanol–water partition coefficient (Wildman–Crippen LogP) is 3.03. The van der Waals surface area contributed by atoms with Gasteiger partial charge in [0.15, 0.2) is 6.61 Å². The lowest BCUT2D eigenvalue weighted by atomic mass is 10.2. The van der Waals surface area contributed by atoms with Gasteiger partial charge in [-0.1, -0.05) is 19.1 Å². The van der Waals surface area contributed by atoms with Gasteiger partial charge >= 0.3 is 5.97 Å². The van der Waals surface area contributed by atoms with Crippen LogP contribution in [-0.4, -0.2) is 23.6 Å². The van der Waals surface area contributed by atoms with Crippen LogP contribution in [0.1, 0.15) is 22.8 Å². The van der Waals surface area contributed by atoms with E-state index >= 15 is 0 Å². The average Bonchev–Trinajstić information content (AvgIpc) is 2.93. The summed E-state index contributed by atoms with van der Waals surface area (Å²) < 4.78 is 5.40. The quantitative estimate of drug-likeness (QED) is 0.860. The number of carbonyl (C=O) groups is 2. The van der Waals surface area contributed by atoms with Crippen molar-refractivity contribution in [3.63, 3.8) is 0 Å². The van der Waals surface area contributed by atoms with Crippen LogP contribution in [0.3, 0.4) is 0 Å². The Bertz CT molecular complexity index is 651. The number of thiophene rings is 1. The van der Waals surface area contributed by atoms with Crippen molar-refractivity contribution in [3.05, 3.63) is 46.8 Å². The first kappa shape index (κ1) is 15.1. The maximum Gasteiger partial charge on any atom is 0.338 e. The van der Waals surface area contributed by atoms with Crippen molar-refractivity contribution in [1.82, 2.24) is 0 Å². The van der Waals surface area contributed by atoms with Crippen molar-refractivity contribution >= 4 is 28.2 Å². The predicted molar refractivity (Wildman–Crippen MR) is 81.2 cm³/mol. The molecule has 0 aliphatic rings. The normalized spacial score (nSPS) is 10.1. The molecule has 0 saturated carbocycles. The van der Waals surface area contributed by atoms with Crippen LogP contribution in [0.4, 0.5) is 5.00 Å². The van der Waals surface area contributed by atoms with Gasteiger partial charge in [-0.15, -0.1) is 11.3 Å². The molecule has 0 bridgehead atoms. The minimum atomic E-state index is -1.07. The third-order valence-corrected chi connectivity index (χ3v) is 3.66. The van der Waals surface area contributed by atoms with Crippen LogP contribution in [0.5, 0.6) is 5.75 Å². The number of carboxylic acids is 1. The number of rotatable bonds is 6. The van der Waals surface area contributed by atoms with Gasteiger partial charge in [-0.3, -0.25) is 4.79 Å². The van der Waals surface area contributed by atoms with Gasteiger partial charge in [0.1, 0.15) is 10.8 Å². The maximum atomic E-state index is 11.8. The van der Waals surface area contributed by atoms with Crippen LogP contribution >= 0.6 is 11.3 Å². The van der Waals surface area contributed by atoms with Crippen molar-refractivity contribution in [1.29, 1.82) is 0 Å². The van der Waals surface area contributed by atoms with E-state index in [9.17, 15) is 9.59 Å². The number of nitrogens with one attached hydrogen (secondary N) is 1. The first-order valence-corrected chi connectivity index (χ1v) is 7.30. The highest BCUT2D eigenvalue weighted by atomic mass is 32.1. The Labute approximate surface area is 126 Å². The van der Waals surface area contributed by atoms with Crippen LogP contribution in [0, 0.1) is 0 Å². The van der Waals surface area contributed by atoms with E-state index in [0.29, 0.717) is 10.8 Å². The van der Waals surface area contributed by atoms with Crippen LogP contribution in [0.2, 0.25) is 0 Å². The highest BCUT2D eigenvalue weighted by Crippen LogP contribution is 2.23. The molecule has 21 heavy (non-hydrogen) atoms. The number of hydrogen-bond acceptors (Lipinski definition) is 4. The molecular weight excluding hydrogens is 290 g/mol. The lowest BCUT2D eigenvalue weighted by Gasteiger charge is -2.08. The smallest absolute Gasteiger partial charge is 0.338 e. The number of aryl methyl sites for hydroxylation is 1. The SMILES string of the molecule is CCc1cccc(OCC(=O)Nc2sccc2C(=O)O)c1. The zero-order valence-electron chi connectivity index (χ0n) is 11.5. The van der Waals surface area contributed by atoms with Crippen molar-refractivity contribution in [2.75, 3.05) is 11.9 Å². The Hall–Kier alpha value is -2.34. The number of hydrogen-bond donors (Lipinski definition) is 2. The minimum Gasteiger partial charge on any atom is -0.484 e. The molecule has 1 amide bonds. The first-order valence-electron chi connectivity index (χ1n) is 6.42. The van der Waals surface area contributed by atoms with Crippen molar-refractivity contribution in [2.24, 2.45) is 0 Å². The van der Waals surface area contributed by atoms with Crippen LogP contribution in [0.25, 0.3) is 0 Å². The van der Waals surface area contributed by atoms with Crippen LogP contribution < -0.4 is 10.1 Å². The highest BCUT2D eigenvalue weighted by Gasteiger charge is 2.14. The number of carboxylic acid groups (broad SMARTS) is 1.